The molecule has 0 aromatic heterocycles. The molecule has 7 heavy (non-hydrogen) atoms. The quantitative estimate of drug-likeness (QED) is 0.372. The number of hydrogen-bond acceptors (Lipinski definition) is 3. The number of nitrogens with one attached hydrogen (secondary N) is 1. The third-order valence-corrected chi connectivity index (χ3v) is 0.556. The number of carbonyl (C=O) groups excluding carboxylic acids is 1. The summed E-state index contributed by atoms with van der Waals surface area (Å²) in [4.78, 5) is 9.61. The molecule has 0 radical (unpaired) electrons. The van der Waals surface area contributed by atoms with Gasteiger partial charge in [-0.15, -0.1) is 0 Å². The summed E-state index contributed by atoms with van der Waals surface area (Å²) in [5.41, 5.74) is 5.08. The molecule has 0 saturated carbocycles. The summed E-state index contributed by atoms with van der Waals surface area (Å²) in [5.74, 6) is 0. The van der Waals surface area contributed by atoms with Crippen LogP contribution in [0.2, 0.25) is 0 Å². The van der Waals surface area contributed by atoms with Crippen molar-refractivity contribution < 1.29 is 4.79 Å². The summed E-state index contributed by atoms with van der Waals surface area (Å²) < 4.78 is 0. The monoisotopic (exact) mass is 100 g/mol. The van der Waals surface area contributed by atoms with Crippen LogP contribution in [0.3, 0.4) is 0 Å². The second kappa shape index (κ2) is 3.49. The first kappa shape index (κ1) is 6.30. The minimum Gasteiger partial charge on any atom is -0.330 e. The van der Waals surface area contributed by atoms with Crippen LogP contribution in [0, 0.1) is 5.41 Å². The van der Waals surface area contributed by atoms with Gasteiger partial charge in [-0.3, -0.25) is 4.79 Å². The van der Waals surface area contributed by atoms with E-state index >= 15 is 0 Å². The standard InChI is InChI=1S/C4H8N2O/c5-2-1-4(6)3-7/h3,6H,1-2,5H2. The molecule has 0 unspecified atom stereocenters. The highest BCUT2D eigenvalue weighted by atomic mass is 16.1. The van der Waals surface area contributed by atoms with Crippen molar-refractivity contribution in [2.24, 2.45) is 5.73 Å². The van der Waals surface area contributed by atoms with E-state index in [1.54, 1.807) is 0 Å². The van der Waals surface area contributed by atoms with E-state index in [0.29, 0.717) is 19.3 Å². The van der Waals surface area contributed by atoms with Gasteiger partial charge in [-0.2, -0.15) is 0 Å². The zero-order valence-corrected chi connectivity index (χ0v) is 3.98. The Hall–Kier alpha value is -0.700. The summed E-state index contributed by atoms with van der Waals surface area (Å²) in [5, 5.41) is 6.69. The van der Waals surface area contributed by atoms with Crippen molar-refractivity contribution in [1.29, 1.82) is 5.41 Å². The molecule has 3 N–H and O–H groups in total. The molecule has 3 nitrogen and oxygen atoms in total. The molecule has 3 heteroatoms. The normalized spacial score (nSPS) is 8.14. The minimum absolute atomic E-state index is 0.0718. The molecule has 40 valence electrons. The Morgan fingerprint density at radius 3 is 2.57 bits per heavy atom. The lowest BCUT2D eigenvalue weighted by Gasteiger charge is -1.84. The van der Waals surface area contributed by atoms with E-state index < -0.39 is 0 Å². The highest BCUT2D eigenvalue weighted by Crippen LogP contribution is 1.71. The molecule has 0 spiro atoms. The number of aldehydes is 1. The third-order valence-electron chi connectivity index (χ3n) is 0.556. The predicted molar refractivity (Wildman–Crippen MR) is 27.5 cm³/mol. The molecule has 0 aliphatic heterocycles. The van der Waals surface area contributed by atoms with Gasteiger partial charge < -0.3 is 11.1 Å². The highest BCUT2D eigenvalue weighted by molar-refractivity contribution is 6.26. The van der Waals surface area contributed by atoms with Crippen molar-refractivity contribution in [3.8, 4) is 0 Å². The number of hydrogen-bond donors (Lipinski definition) is 2. The Labute approximate surface area is 42.0 Å². The summed E-state index contributed by atoms with van der Waals surface area (Å²) in [7, 11) is 0. The van der Waals surface area contributed by atoms with Gasteiger partial charge in [0.1, 0.15) is 0 Å². The van der Waals surface area contributed by atoms with Gasteiger partial charge in [-0.25, -0.2) is 0 Å². The first-order valence-corrected chi connectivity index (χ1v) is 2.04. The van der Waals surface area contributed by atoms with Crippen molar-refractivity contribution in [1.82, 2.24) is 0 Å². The van der Waals surface area contributed by atoms with E-state index in [0.717, 1.165) is 0 Å². The van der Waals surface area contributed by atoms with Crippen LogP contribution < -0.4 is 5.73 Å². The Kier molecular flexibility index (Phi) is 3.14. The molecular weight excluding hydrogens is 92.1 g/mol. The average Bonchev–Trinajstić information content (AvgIpc) is 1.68. The lowest BCUT2D eigenvalue weighted by Crippen LogP contribution is -2.07. The fourth-order valence-corrected chi connectivity index (χ4v) is 0.214. The van der Waals surface area contributed by atoms with Gasteiger partial charge in [0.2, 0.25) is 0 Å². The van der Waals surface area contributed by atoms with Gasteiger partial charge in [-0.1, -0.05) is 0 Å². The van der Waals surface area contributed by atoms with Crippen LogP contribution in [0.1, 0.15) is 6.42 Å². The summed E-state index contributed by atoms with van der Waals surface area (Å²) in [6, 6.07) is 0. The topological polar surface area (TPSA) is 66.9 Å². The lowest BCUT2D eigenvalue weighted by molar-refractivity contribution is -0.102. The molecule has 0 aromatic rings. The Balaban J connectivity index is 3.17. The van der Waals surface area contributed by atoms with E-state index in [9.17, 15) is 4.79 Å². The Morgan fingerprint density at radius 1 is 1.86 bits per heavy atom. The van der Waals surface area contributed by atoms with Crippen molar-refractivity contribution >= 4 is 12.0 Å². The number of nitrogens with two attached hydrogens (primary N) is 1. The van der Waals surface area contributed by atoms with Crippen LogP contribution in [-0.4, -0.2) is 18.5 Å². The molecule has 0 atom stereocenters. The van der Waals surface area contributed by atoms with Crippen LogP contribution in [0.4, 0.5) is 0 Å². The van der Waals surface area contributed by atoms with Gasteiger partial charge in [0.25, 0.3) is 0 Å². The maximum atomic E-state index is 9.61. The van der Waals surface area contributed by atoms with E-state index in [4.69, 9.17) is 11.1 Å². The van der Waals surface area contributed by atoms with Crippen LogP contribution in [0.15, 0.2) is 0 Å². The zero-order valence-electron chi connectivity index (χ0n) is 3.98. The fourth-order valence-electron chi connectivity index (χ4n) is 0.214. The molecule has 0 bridgehead atoms. The first-order chi connectivity index (χ1) is 3.31. The Bertz CT molecular complexity index is 79.8. The third kappa shape index (κ3) is 3.12. The molecule has 0 aromatic carbocycles. The van der Waals surface area contributed by atoms with Crippen LogP contribution in [0.5, 0.6) is 0 Å². The van der Waals surface area contributed by atoms with Crippen molar-refractivity contribution in [3.05, 3.63) is 0 Å². The SMILES string of the molecule is N=C(C=O)CCN. The van der Waals surface area contributed by atoms with Crippen LogP contribution >= 0.6 is 0 Å². The van der Waals surface area contributed by atoms with Gasteiger partial charge in [0.15, 0.2) is 6.29 Å². The van der Waals surface area contributed by atoms with E-state index in [1.165, 1.54) is 0 Å². The maximum absolute atomic E-state index is 9.61. The number of carbonyl (C=O) groups is 1. The minimum atomic E-state index is 0.0718. The molecule has 0 aliphatic carbocycles. The summed E-state index contributed by atoms with van der Waals surface area (Å²) in [6.45, 7) is 0.386. The molecule has 0 rings (SSSR count). The first-order valence-electron chi connectivity index (χ1n) is 2.04. The maximum Gasteiger partial charge on any atom is 0.163 e. The van der Waals surface area contributed by atoms with Gasteiger partial charge in [0.05, 0.1) is 5.71 Å². The molecular formula is C4H8N2O. The van der Waals surface area contributed by atoms with Crippen molar-refractivity contribution in [3.63, 3.8) is 0 Å². The molecule has 0 fully saturated rings. The average molecular weight is 100 g/mol. The molecule has 0 saturated heterocycles. The van der Waals surface area contributed by atoms with Crippen LogP contribution in [0.25, 0.3) is 0 Å². The van der Waals surface area contributed by atoms with E-state index in [-0.39, 0.29) is 5.71 Å². The van der Waals surface area contributed by atoms with Crippen molar-refractivity contribution in [2.75, 3.05) is 6.54 Å². The molecule has 0 heterocycles. The highest BCUT2D eigenvalue weighted by Gasteiger charge is 1.86. The van der Waals surface area contributed by atoms with E-state index in [1.807, 2.05) is 0 Å². The smallest absolute Gasteiger partial charge is 0.163 e. The fraction of sp³-hybridized carbons (Fsp3) is 0.500. The molecule has 0 amide bonds. The number of rotatable bonds is 3. The second-order valence-corrected chi connectivity index (χ2v) is 1.18. The Morgan fingerprint density at radius 2 is 2.43 bits per heavy atom. The summed E-state index contributed by atoms with van der Waals surface area (Å²) >= 11 is 0. The van der Waals surface area contributed by atoms with Gasteiger partial charge in [-0.05, 0) is 6.54 Å². The second-order valence-electron chi connectivity index (χ2n) is 1.18. The molecule has 0 aliphatic rings. The van der Waals surface area contributed by atoms with E-state index in [2.05, 4.69) is 0 Å². The van der Waals surface area contributed by atoms with Crippen molar-refractivity contribution in [2.45, 2.75) is 6.42 Å². The zero-order chi connectivity index (χ0) is 5.70. The van der Waals surface area contributed by atoms with Gasteiger partial charge >= 0.3 is 0 Å². The van der Waals surface area contributed by atoms with Gasteiger partial charge in [0, 0.05) is 6.42 Å². The largest absolute Gasteiger partial charge is 0.330 e. The van der Waals surface area contributed by atoms with Crippen LogP contribution in [-0.2, 0) is 4.79 Å². The lowest BCUT2D eigenvalue weighted by atomic mass is 10.3. The summed E-state index contributed by atoms with van der Waals surface area (Å²) in [6.07, 6.45) is 0.899. The predicted octanol–water partition coefficient (Wildman–Crippen LogP) is -0.446.